The molecule has 1 fully saturated rings. The number of benzene rings is 2. The lowest BCUT2D eigenvalue weighted by molar-refractivity contribution is 0.114. The van der Waals surface area contributed by atoms with Gasteiger partial charge in [-0.3, -0.25) is 0 Å². The van der Waals surface area contributed by atoms with Gasteiger partial charge in [-0.05, 0) is 43.3 Å². The number of phenols is 1. The highest BCUT2D eigenvalue weighted by Crippen LogP contribution is 2.30. The molecule has 0 spiro atoms. The topological polar surface area (TPSA) is 54.0 Å². The van der Waals surface area contributed by atoms with Crippen molar-refractivity contribution in [1.29, 1.82) is 0 Å². The Balaban J connectivity index is 1.82. The zero-order valence-electron chi connectivity index (χ0n) is 14.9. The third kappa shape index (κ3) is 4.45. The van der Waals surface area contributed by atoms with Crippen LogP contribution in [-0.2, 0) is 11.3 Å². The molecule has 2 aromatic rings. The van der Waals surface area contributed by atoms with E-state index in [0.717, 1.165) is 36.4 Å². The molecule has 1 heterocycles. The molecule has 0 amide bonds. The summed E-state index contributed by atoms with van der Waals surface area (Å²) in [4.78, 5) is 1.94. The number of nitrogens with zero attached hydrogens (tertiary/aromatic N) is 1. The van der Waals surface area contributed by atoms with Crippen LogP contribution in [0.5, 0.6) is 11.5 Å². The van der Waals surface area contributed by atoms with Crippen LogP contribution in [0.1, 0.15) is 18.4 Å². The fourth-order valence-corrected chi connectivity index (χ4v) is 3.28. The van der Waals surface area contributed by atoms with Crippen molar-refractivity contribution < 1.29 is 14.6 Å². The number of hydrogen-bond acceptors (Lipinski definition) is 4. The van der Waals surface area contributed by atoms with E-state index in [0.29, 0.717) is 18.2 Å². The Hall–Kier alpha value is -2.31. The highest BCUT2D eigenvalue weighted by Gasteiger charge is 2.20. The number of methoxy groups -OCH3 is 1. The predicted molar refractivity (Wildman–Crippen MR) is 107 cm³/mol. The average molecular weight is 372 g/mol. The normalized spacial score (nSPS) is 16.3. The summed E-state index contributed by atoms with van der Waals surface area (Å²) in [5, 5.41) is 14.1. The average Bonchev–Trinajstić information content (AvgIpc) is 3.19. The fraction of sp³-hybridized carbons (Fsp3) is 0.350. The molecule has 0 aliphatic carbocycles. The quantitative estimate of drug-likeness (QED) is 0.758. The van der Waals surface area contributed by atoms with Crippen molar-refractivity contribution in [2.45, 2.75) is 25.5 Å². The van der Waals surface area contributed by atoms with Crippen LogP contribution in [0.4, 0.5) is 5.69 Å². The molecule has 5 nitrogen and oxygen atoms in total. The molecule has 3 rings (SSSR count). The lowest BCUT2D eigenvalue weighted by Gasteiger charge is -2.28. The number of para-hydroxylation sites is 3. The molecule has 26 heavy (non-hydrogen) atoms. The van der Waals surface area contributed by atoms with Crippen molar-refractivity contribution in [3.8, 4) is 11.5 Å². The maximum Gasteiger partial charge on any atom is 0.173 e. The first-order valence-corrected chi connectivity index (χ1v) is 9.16. The van der Waals surface area contributed by atoms with E-state index >= 15 is 0 Å². The molecule has 0 unspecified atom stereocenters. The molecule has 0 bridgehead atoms. The molecule has 2 N–H and O–H groups in total. The molecule has 1 atom stereocenters. The summed E-state index contributed by atoms with van der Waals surface area (Å²) in [5.41, 5.74) is 1.64. The fourth-order valence-electron chi connectivity index (χ4n) is 3.04. The van der Waals surface area contributed by atoms with E-state index in [1.54, 1.807) is 19.2 Å². The number of hydrogen-bond donors (Lipinski definition) is 2. The highest BCUT2D eigenvalue weighted by molar-refractivity contribution is 7.80. The van der Waals surface area contributed by atoms with Crippen LogP contribution in [0, 0.1) is 0 Å². The van der Waals surface area contributed by atoms with Gasteiger partial charge in [0, 0.05) is 18.7 Å². The van der Waals surface area contributed by atoms with Gasteiger partial charge in [0.05, 0.1) is 25.4 Å². The van der Waals surface area contributed by atoms with E-state index in [1.165, 1.54) is 0 Å². The summed E-state index contributed by atoms with van der Waals surface area (Å²) in [5.74, 6) is 0.971. The van der Waals surface area contributed by atoms with Crippen molar-refractivity contribution >= 4 is 23.0 Å². The predicted octanol–water partition coefficient (Wildman–Crippen LogP) is 3.46. The summed E-state index contributed by atoms with van der Waals surface area (Å²) in [6, 6.07) is 15.0. The summed E-state index contributed by atoms with van der Waals surface area (Å²) in [7, 11) is 1.64. The van der Waals surface area contributed by atoms with Gasteiger partial charge < -0.3 is 24.8 Å². The lowest BCUT2D eigenvalue weighted by atomic mass is 10.1. The molecular formula is C20H24N2O3S. The Morgan fingerprint density at radius 2 is 2.04 bits per heavy atom. The van der Waals surface area contributed by atoms with E-state index in [4.69, 9.17) is 21.7 Å². The van der Waals surface area contributed by atoms with Gasteiger partial charge in [-0.25, -0.2) is 0 Å². The molecule has 0 aromatic heterocycles. The Kier molecular flexibility index (Phi) is 6.30. The second-order valence-corrected chi connectivity index (χ2v) is 6.59. The summed E-state index contributed by atoms with van der Waals surface area (Å²) < 4.78 is 11.2. The summed E-state index contributed by atoms with van der Waals surface area (Å²) >= 11 is 5.66. The van der Waals surface area contributed by atoms with Crippen molar-refractivity contribution in [2.24, 2.45) is 0 Å². The molecule has 138 valence electrons. The van der Waals surface area contributed by atoms with Crippen LogP contribution >= 0.6 is 12.2 Å². The largest absolute Gasteiger partial charge is 0.508 e. The van der Waals surface area contributed by atoms with Gasteiger partial charge in [0.15, 0.2) is 5.11 Å². The maximum atomic E-state index is 10.2. The van der Waals surface area contributed by atoms with Gasteiger partial charge in [-0.15, -0.1) is 0 Å². The minimum absolute atomic E-state index is 0.192. The zero-order valence-corrected chi connectivity index (χ0v) is 15.7. The summed E-state index contributed by atoms with van der Waals surface area (Å²) in [6.07, 6.45) is 2.33. The second-order valence-electron chi connectivity index (χ2n) is 6.21. The summed E-state index contributed by atoms with van der Waals surface area (Å²) in [6.45, 7) is 1.92. The number of nitrogens with one attached hydrogen (secondary N) is 1. The maximum absolute atomic E-state index is 10.2. The van der Waals surface area contributed by atoms with Crippen LogP contribution in [0.15, 0.2) is 48.5 Å². The van der Waals surface area contributed by atoms with Crippen LogP contribution in [0.2, 0.25) is 0 Å². The smallest absolute Gasteiger partial charge is 0.173 e. The van der Waals surface area contributed by atoms with Crippen molar-refractivity contribution in [1.82, 2.24) is 5.32 Å². The monoisotopic (exact) mass is 372 g/mol. The number of phenolic OH excluding ortho intramolecular Hbond substituents is 1. The number of rotatable bonds is 6. The Labute approximate surface area is 159 Å². The first kappa shape index (κ1) is 18.5. The molecule has 0 saturated carbocycles. The number of ether oxygens (including phenoxy) is 2. The van der Waals surface area contributed by atoms with E-state index in [9.17, 15) is 5.11 Å². The first-order chi connectivity index (χ1) is 12.7. The van der Waals surface area contributed by atoms with E-state index in [1.807, 2.05) is 41.3 Å². The van der Waals surface area contributed by atoms with E-state index in [-0.39, 0.29) is 11.9 Å². The van der Waals surface area contributed by atoms with Gasteiger partial charge in [0.25, 0.3) is 0 Å². The second kappa shape index (κ2) is 8.87. The minimum atomic E-state index is 0.192. The van der Waals surface area contributed by atoms with Crippen molar-refractivity contribution in [3.05, 3.63) is 54.1 Å². The molecule has 6 heteroatoms. The van der Waals surface area contributed by atoms with Crippen molar-refractivity contribution in [2.75, 3.05) is 25.2 Å². The molecule has 1 saturated heterocycles. The molecule has 1 aliphatic rings. The molecule has 0 radical (unpaired) electrons. The van der Waals surface area contributed by atoms with E-state index < -0.39 is 0 Å². The number of anilines is 1. The third-order valence-electron chi connectivity index (χ3n) is 4.45. The SMILES string of the molecule is COc1ccccc1N(Cc1ccccc1O)C(=S)NC[C@@H]1CCCO1. The standard InChI is InChI=1S/C20H24N2O3S/c1-24-19-11-5-3-9-17(19)22(14-15-7-2-4-10-18(15)23)20(26)21-13-16-8-6-12-25-16/h2-5,7,9-11,16,23H,6,8,12-14H2,1H3,(H,21,26)/t16-/m0/s1. The van der Waals surface area contributed by atoms with Crippen LogP contribution in [0.3, 0.4) is 0 Å². The number of aromatic hydroxyl groups is 1. The molecule has 1 aliphatic heterocycles. The van der Waals surface area contributed by atoms with Crippen molar-refractivity contribution in [3.63, 3.8) is 0 Å². The Morgan fingerprint density at radius 1 is 1.27 bits per heavy atom. The van der Waals surface area contributed by atoms with Gasteiger partial charge in [0.1, 0.15) is 11.5 Å². The Morgan fingerprint density at radius 3 is 2.77 bits per heavy atom. The molecular weight excluding hydrogens is 348 g/mol. The zero-order chi connectivity index (χ0) is 18.4. The highest BCUT2D eigenvalue weighted by atomic mass is 32.1. The minimum Gasteiger partial charge on any atom is -0.508 e. The van der Waals surface area contributed by atoms with E-state index in [2.05, 4.69) is 5.32 Å². The van der Waals surface area contributed by atoms with Crippen LogP contribution in [0.25, 0.3) is 0 Å². The first-order valence-electron chi connectivity index (χ1n) is 8.76. The third-order valence-corrected chi connectivity index (χ3v) is 4.81. The molecule has 2 aromatic carbocycles. The Bertz CT molecular complexity index is 747. The van der Waals surface area contributed by atoms with Crippen LogP contribution < -0.4 is 15.0 Å². The van der Waals surface area contributed by atoms with Gasteiger partial charge in [-0.1, -0.05) is 30.3 Å². The van der Waals surface area contributed by atoms with Gasteiger partial charge >= 0.3 is 0 Å². The van der Waals surface area contributed by atoms with Gasteiger partial charge in [0.2, 0.25) is 0 Å². The van der Waals surface area contributed by atoms with Gasteiger partial charge in [-0.2, -0.15) is 0 Å². The number of thiocarbonyl (C=S) groups is 1. The lowest BCUT2D eigenvalue weighted by Crippen LogP contribution is -2.42. The van der Waals surface area contributed by atoms with Crippen LogP contribution in [-0.4, -0.2) is 36.6 Å².